The topological polar surface area (TPSA) is 66.1 Å². The first kappa shape index (κ1) is 11.9. The highest BCUT2D eigenvalue weighted by atomic mass is 16.5. The van der Waals surface area contributed by atoms with Crippen LogP contribution < -0.4 is 4.74 Å². The number of pyridine rings is 1. The van der Waals surface area contributed by atoms with E-state index in [0.717, 1.165) is 25.7 Å². The minimum atomic E-state index is 0.201. The fourth-order valence-electron chi connectivity index (χ4n) is 2.17. The number of hydrogen-bond donors (Lipinski definition) is 1. The Morgan fingerprint density at radius 3 is 2.82 bits per heavy atom. The van der Waals surface area contributed by atoms with E-state index in [1.807, 2.05) is 6.07 Å². The highest BCUT2D eigenvalue weighted by Gasteiger charge is 2.21. The van der Waals surface area contributed by atoms with E-state index in [-0.39, 0.29) is 12.7 Å². The van der Waals surface area contributed by atoms with Gasteiger partial charge in [0.25, 0.3) is 0 Å². The molecule has 0 aromatic carbocycles. The van der Waals surface area contributed by atoms with Gasteiger partial charge in [-0.3, -0.25) is 0 Å². The lowest BCUT2D eigenvalue weighted by atomic mass is 9.88. The van der Waals surface area contributed by atoms with Crippen LogP contribution in [0.5, 0.6) is 5.75 Å². The van der Waals surface area contributed by atoms with Crippen molar-refractivity contribution in [1.29, 1.82) is 5.26 Å². The second-order valence-electron chi connectivity index (χ2n) is 4.43. The number of aliphatic hydroxyl groups excluding tert-OH is 1. The van der Waals surface area contributed by atoms with Gasteiger partial charge in [-0.25, -0.2) is 4.98 Å². The number of aromatic nitrogens is 1. The quantitative estimate of drug-likeness (QED) is 0.864. The van der Waals surface area contributed by atoms with Crippen LogP contribution in [0.15, 0.2) is 18.3 Å². The highest BCUT2D eigenvalue weighted by molar-refractivity contribution is 5.29. The van der Waals surface area contributed by atoms with Crippen molar-refractivity contribution in [2.24, 2.45) is 5.92 Å². The van der Waals surface area contributed by atoms with Crippen molar-refractivity contribution < 1.29 is 9.84 Å². The first-order valence-electron chi connectivity index (χ1n) is 5.95. The lowest BCUT2D eigenvalue weighted by Gasteiger charge is -2.27. The number of nitrogens with zero attached hydrogens (tertiary/aromatic N) is 2. The van der Waals surface area contributed by atoms with Gasteiger partial charge in [-0.05, 0) is 37.7 Å². The lowest BCUT2D eigenvalue weighted by Crippen LogP contribution is -2.25. The molecule has 4 heteroatoms. The third-order valence-electron chi connectivity index (χ3n) is 3.20. The van der Waals surface area contributed by atoms with Crippen LogP contribution in [0.25, 0.3) is 0 Å². The lowest BCUT2D eigenvalue weighted by molar-refractivity contribution is 0.104. The van der Waals surface area contributed by atoms with Gasteiger partial charge in [-0.15, -0.1) is 0 Å². The van der Waals surface area contributed by atoms with Gasteiger partial charge < -0.3 is 9.84 Å². The smallest absolute Gasteiger partial charge is 0.144 e. The summed E-state index contributed by atoms with van der Waals surface area (Å²) in [5.41, 5.74) is 0.381. The van der Waals surface area contributed by atoms with Crippen LogP contribution >= 0.6 is 0 Å². The Bertz CT molecular complexity index is 406. The standard InChI is InChI=1S/C13H16N2O2/c14-8-11-7-13(5-6-15-11)17-12-3-1-10(9-16)2-4-12/h5-7,10,12,16H,1-4,9H2. The second kappa shape index (κ2) is 5.65. The van der Waals surface area contributed by atoms with Gasteiger partial charge in [0, 0.05) is 18.9 Å². The minimum Gasteiger partial charge on any atom is -0.490 e. The van der Waals surface area contributed by atoms with E-state index in [4.69, 9.17) is 15.1 Å². The van der Waals surface area contributed by atoms with Gasteiger partial charge in [0.05, 0.1) is 6.10 Å². The average Bonchev–Trinajstić information content (AvgIpc) is 2.40. The molecule has 1 aliphatic carbocycles. The molecule has 17 heavy (non-hydrogen) atoms. The van der Waals surface area contributed by atoms with Crippen LogP contribution in [0.3, 0.4) is 0 Å². The Hall–Kier alpha value is -1.60. The minimum absolute atomic E-state index is 0.201. The van der Waals surface area contributed by atoms with Crippen molar-refractivity contribution in [2.45, 2.75) is 31.8 Å². The zero-order valence-electron chi connectivity index (χ0n) is 9.67. The summed E-state index contributed by atoms with van der Waals surface area (Å²) in [7, 11) is 0. The molecule has 1 fully saturated rings. The fraction of sp³-hybridized carbons (Fsp3) is 0.538. The molecule has 0 radical (unpaired) electrons. The van der Waals surface area contributed by atoms with Crippen molar-refractivity contribution in [3.63, 3.8) is 0 Å². The van der Waals surface area contributed by atoms with E-state index in [1.165, 1.54) is 0 Å². The molecular formula is C13H16N2O2. The molecule has 1 N–H and O–H groups in total. The number of aliphatic hydroxyl groups is 1. The van der Waals surface area contributed by atoms with Crippen molar-refractivity contribution in [3.05, 3.63) is 24.0 Å². The molecule has 1 aromatic heterocycles. The molecule has 0 spiro atoms. The molecule has 0 amide bonds. The normalized spacial score (nSPS) is 24.0. The fourth-order valence-corrected chi connectivity index (χ4v) is 2.17. The molecule has 1 saturated carbocycles. The molecule has 4 nitrogen and oxygen atoms in total. The van der Waals surface area contributed by atoms with E-state index in [2.05, 4.69) is 4.98 Å². The molecule has 90 valence electrons. The monoisotopic (exact) mass is 232 g/mol. The van der Waals surface area contributed by atoms with Crippen molar-refractivity contribution in [3.8, 4) is 11.8 Å². The van der Waals surface area contributed by atoms with Crippen molar-refractivity contribution >= 4 is 0 Å². The number of nitriles is 1. The zero-order valence-corrected chi connectivity index (χ0v) is 9.67. The van der Waals surface area contributed by atoms with E-state index in [0.29, 0.717) is 17.4 Å². The van der Waals surface area contributed by atoms with E-state index in [9.17, 15) is 0 Å². The van der Waals surface area contributed by atoms with Gasteiger partial charge in [-0.2, -0.15) is 5.26 Å². The van der Waals surface area contributed by atoms with Crippen molar-refractivity contribution in [2.75, 3.05) is 6.61 Å². The van der Waals surface area contributed by atoms with Gasteiger partial charge in [0.2, 0.25) is 0 Å². The summed E-state index contributed by atoms with van der Waals surface area (Å²) in [6, 6.07) is 5.44. The van der Waals surface area contributed by atoms with Crippen LogP contribution in [0.2, 0.25) is 0 Å². The summed E-state index contributed by atoms with van der Waals surface area (Å²) < 4.78 is 5.82. The molecule has 0 saturated heterocycles. The first-order chi connectivity index (χ1) is 8.31. The van der Waals surface area contributed by atoms with Gasteiger partial charge in [0.1, 0.15) is 17.5 Å². The maximum Gasteiger partial charge on any atom is 0.144 e. The third-order valence-corrected chi connectivity index (χ3v) is 3.20. The molecule has 0 bridgehead atoms. The zero-order chi connectivity index (χ0) is 12.1. The second-order valence-corrected chi connectivity index (χ2v) is 4.43. The Morgan fingerprint density at radius 2 is 2.18 bits per heavy atom. The van der Waals surface area contributed by atoms with Crippen LogP contribution in [0, 0.1) is 17.2 Å². The average molecular weight is 232 g/mol. The summed E-state index contributed by atoms with van der Waals surface area (Å²) >= 11 is 0. The maximum atomic E-state index is 9.05. The Balaban J connectivity index is 1.91. The van der Waals surface area contributed by atoms with Crippen molar-refractivity contribution in [1.82, 2.24) is 4.98 Å². The third kappa shape index (κ3) is 3.18. The largest absolute Gasteiger partial charge is 0.490 e. The summed E-state index contributed by atoms with van der Waals surface area (Å²) in [5, 5.41) is 17.8. The molecule has 0 atom stereocenters. The van der Waals surface area contributed by atoms with Crippen LogP contribution in [0.1, 0.15) is 31.4 Å². The number of rotatable bonds is 3. The van der Waals surface area contributed by atoms with Gasteiger partial charge in [-0.1, -0.05) is 0 Å². The molecule has 1 heterocycles. The predicted octanol–water partition coefficient (Wildman–Crippen LogP) is 1.88. The molecular weight excluding hydrogens is 216 g/mol. The SMILES string of the molecule is N#Cc1cc(OC2CCC(CO)CC2)ccn1. The number of ether oxygens (including phenoxy) is 1. The van der Waals surface area contributed by atoms with Gasteiger partial charge >= 0.3 is 0 Å². The summed E-state index contributed by atoms with van der Waals surface area (Å²) in [5.74, 6) is 1.14. The van der Waals surface area contributed by atoms with Crippen LogP contribution in [-0.4, -0.2) is 22.8 Å². The maximum absolute atomic E-state index is 9.05. The van der Waals surface area contributed by atoms with E-state index < -0.39 is 0 Å². The van der Waals surface area contributed by atoms with Gasteiger partial charge in [0.15, 0.2) is 0 Å². The van der Waals surface area contributed by atoms with Crippen LogP contribution in [-0.2, 0) is 0 Å². The van der Waals surface area contributed by atoms with E-state index in [1.54, 1.807) is 18.3 Å². The summed E-state index contributed by atoms with van der Waals surface area (Å²) in [6.45, 7) is 0.278. The molecule has 1 aliphatic rings. The first-order valence-corrected chi connectivity index (χ1v) is 5.95. The highest BCUT2D eigenvalue weighted by Crippen LogP contribution is 2.27. The summed E-state index contributed by atoms with van der Waals surface area (Å²) in [4.78, 5) is 3.90. The van der Waals surface area contributed by atoms with E-state index >= 15 is 0 Å². The summed E-state index contributed by atoms with van der Waals surface area (Å²) in [6.07, 6.45) is 5.75. The Labute approximate surface area is 101 Å². The Morgan fingerprint density at radius 1 is 1.41 bits per heavy atom. The predicted molar refractivity (Wildman–Crippen MR) is 62.4 cm³/mol. The molecule has 1 aromatic rings. The molecule has 0 aliphatic heterocycles. The number of hydrogen-bond acceptors (Lipinski definition) is 4. The molecule has 0 unspecified atom stereocenters. The van der Waals surface area contributed by atoms with Crippen LogP contribution in [0.4, 0.5) is 0 Å². The Kier molecular flexibility index (Phi) is 3.94. The molecule has 2 rings (SSSR count).